The van der Waals surface area contributed by atoms with Gasteiger partial charge in [-0.05, 0) is 57.8 Å². The fraction of sp³-hybridized carbons (Fsp3) is 1.00. The molecule has 0 atom stereocenters. The standard InChI is InChI=1S/C12H23BrN2/c13-5-10-14-8-3-12(4-9-14)11-15-6-1-2-7-15/h12H,1-11H2. The van der Waals surface area contributed by atoms with Gasteiger partial charge in [-0.15, -0.1) is 0 Å². The summed E-state index contributed by atoms with van der Waals surface area (Å²) in [7, 11) is 0. The average molecular weight is 275 g/mol. The zero-order valence-electron chi connectivity index (χ0n) is 9.63. The van der Waals surface area contributed by atoms with Gasteiger partial charge in [0.25, 0.3) is 0 Å². The van der Waals surface area contributed by atoms with Gasteiger partial charge in [0.1, 0.15) is 0 Å². The molecular formula is C12H23BrN2. The highest BCUT2D eigenvalue weighted by atomic mass is 79.9. The number of rotatable bonds is 4. The van der Waals surface area contributed by atoms with Crippen LogP contribution in [0.1, 0.15) is 25.7 Å². The van der Waals surface area contributed by atoms with Crippen LogP contribution >= 0.6 is 15.9 Å². The summed E-state index contributed by atoms with van der Waals surface area (Å²) in [5, 5.41) is 1.13. The lowest BCUT2D eigenvalue weighted by atomic mass is 9.96. The van der Waals surface area contributed by atoms with E-state index < -0.39 is 0 Å². The molecule has 2 aliphatic rings. The van der Waals surface area contributed by atoms with Crippen LogP contribution in [-0.2, 0) is 0 Å². The lowest BCUT2D eigenvalue weighted by molar-refractivity contribution is 0.160. The van der Waals surface area contributed by atoms with Crippen molar-refractivity contribution < 1.29 is 0 Å². The molecule has 0 radical (unpaired) electrons. The molecule has 15 heavy (non-hydrogen) atoms. The minimum absolute atomic E-state index is 0.981. The second-order valence-electron chi connectivity index (χ2n) is 4.98. The Bertz CT molecular complexity index is 172. The number of likely N-dealkylation sites (tertiary alicyclic amines) is 2. The molecule has 3 heteroatoms. The summed E-state index contributed by atoms with van der Waals surface area (Å²) < 4.78 is 0. The van der Waals surface area contributed by atoms with Crippen molar-refractivity contribution in [3.05, 3.63) is 0 Å². The smallest absolute Gasteiger partial charge is 0.0159 e. The summed E-state index contributed by atoms with van der Waals surface area (Å²) in [6, 6.07) is 0. The molecule has 2 saturated heterocycles. The van der Waals surface area contributed by atoms with Crippen molar-refractivity contribution in [2.75, 3.05) is 44.6 Å². The second-order valence-corrected chi connectivity index (χ2v) is 5.77. The Morgan fingerprint density at radius 2 is 1.60 bits per heavy atom. The van der Waals surface area contributed by atoms with E-state index >= 15 is 0 Å². The predicted molar refractivity (Wildman–Crippen MR) is 68.6 cm³/mol. The fourth-order valence-electron chi connectivity index (χ4n) is 2.84. The number of piperidine rings is 1. The first-order valence-electron chi connectivity index (χ1n) is 6.39. The molecule has 2 nitrogen and oxygen atoms in total. The number of nitrogens with zero attached hydrogens (tertiary/aromatic N) is 2. The molecule has 88 valence electrons. The van der Waals surface area contributed by atoms with E-state index in [0.29, 0.717) is 0 Å². The minimum atomic E-state index is 0.981. The molecule has 2 aliphatic heterocycles. The number of hydrogen-bond donors (Lipinski definition) is 0. The van der Waals surface area contributed by atoms with Gasteiger partial charge in [-0.25, -0.2) is 0 Å². The van der Waals surface area contributed by atoms with Crippen LogP contribution in [0.4, 0.5) is 0 Å². The highest BCUT2D eigenvalue weighted by molar-refractivity contribution is 9.09. The molecule has 0 unspecified atom stereocenters. The average Bonchev–Trinajstić information content (AvgIpc) is 2.74. The van der Waals surface area contributed by atoms with E-state index in [1.807, 2.05) is 0 Å². The van der Waals surface area contributed by atoms with Crippen molar-refractivity contribution in [3.63, 3.8) is 0 Å². The van der Waals surface area contributed by atoms with Crippen molar-refractivity contribution >= 4 is 15.9 Å². The molecule has 0 aromatic carbocycles. The van der Waals surface area contributed by atoms with Crippen LogP contribution in [0.15, 0.2) is 0 Å². The van der Waals surface area contributed by atoms with Crippen molar-refractivity contribution in [2.24, 2.45) is 5.92 Å². The largest absolute Gasteiger partial charge is 0.303 e. The molecular weight excluding hydrogens is 252 g/mol. The molecule has 0 aromatic heterocycles. The third-order valence-electron chi connectivity index (χ3n) is 3.82. The maximum Gasteiger partial charge on any atom is 0.0159 e. The van der Waals surface area contributed by atoms with E-state index in [2.05, 4.69) is 25.7 Å². The molecule has 2 rings (SSSR count). The summed E-state index contributed by atoms with van der Waals surface area (Å²) in [4.78, 5) is 5.26. The van der Waals surface area contributed by atoms with Crippen molar-refractivity contribution in [1.82, 2.24) is 9.80 Å². The van der Waals surface area contributed by atoms with Crippen molar-refractivity contribution in [3.8, 4) is 0 Å². The molecule has 2 fully saturated rings. The molecule has 0 spiro atoms. The first kappa shape index (κ1) is 11.9. The highest BCUT2D eigenvalue weighted by Gasteiger charge is 2.22. The van der Waals surface area contributed by atoms with Crippen LogP contribution in [-0.4, -0.2) is 54.4 Å². The Balaban J connectivity index is 1.64. The SMILES string of the molecule is BrCCN1CCC(CN2CCCC2)CC1. The van der Waals surface area contributed by atoms with E-state index in [9.17, 15) is 0 Å². The van der Waals surface area contributed by atoms with Crippen LogP contribution in [0, 0.1) is 5.92 Å². The Morgan fingerprint density at radius 3 is 2.20 bits per heavy atom. The van der Waals surface area contributed by atoms with Crippen LogP contribution in [0.2, 0.25) is 0 Å². The molecule has 0 bridgehead atoms. The van der Waals surface area contributed by atoms with Gasteiger partial charge in [0.2, 0.25) is 0 Å². The van der Waals surface area contributed by atoms with Crippen molar-refractivity contribution in [1.29, 1.82) is 0 Å². The van der Waals surface area contributed by atoms with E-state index in [4.69, 9.17) is 0 Å². The lowest BCUT2D eigenvalue weighted by Gasteiger charge is -2.33. The Morgan fingerprint density at radius 1 is 0.933 bits per heavy atom. The first-order valence-corrected chi connectivity index (χ1v) is 7.51. The maximum atomic E-state index is 3.52. The van der Waals surface area contributed by atoms with Gasteiger partial charge < -0.3 is 9.80 Å². The van der Waals surface area contributed by atoms with E-state index in [1.54, 1.807) is 0 Å². The van der Waals surface area contributed by atoms with Crippen LogP contribution < -0.4 is 0 Å². The Kier molecular flexibility index (Phi) is 4.92. The highest BCUT2D eigenvalue weighted by Crippen LogP contribution is 2.20. The molecule has 0 amide bonds. The fourth-order valence-corrected chi connectivity index (χ4v) is 3.34. The molecule has 0 N–H and O–H groups in total. The first-order chi connectivity index (χ1) is 7.38. The van der Waals surface area contributed by atoms with Gasteiger partial charge in [0, 0.05) is 18.4 Å². The summed E-state index contributed by atoms with van der Waals surface area (Å²) in [6.07, 6.45) is 5.71. The van der Waals surface area contributed by atoms with Crippen LogP contribution in [0.3, 0.4) is 0 Å². The number of hydrogen-bond acceptors (Lipinski definition) is 2. The molecule has 0 aromatic rings. The van der Waals surface area contributed by atoms with Gasteiger partial charge in [-0.3, -0.25) is 0 Å². The Hall–Kier alpha value is 0.400. The van der Waals surface area contributed by atoms with Gasteiger partial charge in [-0.1, -0.05) is 15.9 Å². The molecule has 0 aliphatic carbocycles. The molecule has 0 saturated carbocycles. The number of halogens is 1. The van der Waals surface area contributed by atoms with Gasteiger partial charge >= 0.3 is 0 Å². The summed E-state index contributed by atoms with van der Waals surface area (Å²) in [6.45, 7) is 7.98. The zero-order chi connectivity index (χ0) is 10.5. The van der Waals surface area contributed by atoms with Crippen LogP contribution in [0.25, 0.3) is 0 Å². The van der Waals surface area contributed by atoms with Gasteiger partial charge in [0.15, 0.2) is 0 Å². The predicted octanol–water partition coefficient (Wildman–Crippen LogP) is 2.19. The van der Waals surface area contributed by atoms with E-state index in [0.717, 1.165) is 11.2 Å². The van der Waals surface area contributed by atoms with E-state index in [-0.39, 0.29) is 0 Å². The minimum Gasteiger partial charge on any atom is -0.303 e. The molecule has 2 heterocycles. The van der Waals surface area contributed by atoms with Crippen LogP contribution in [0.5, 0.6) is 0 Å². The van der Waals surface area contributed by atoms with E-state index in [1.165, 1.54) is 65.0 Å². The summed E-state index contributed by atoms with van der Waals surface area (Å²) >= 11 is 3.52. The van der Waals surface area contributed by atoms with Gasteiger partial charge in [-0.2, -0.15) is 0 Å². The lowest BCUT2D eigenvalue weighted by Crippen LogP contribution is -2.38. The summed E-state index contributed by atoms with van der Waals surface area (Å²) in [5.41, 5.74) is 0. The monoisotopic (exact) mass is 274 g/mol. The third-order valence-corrected chi connectivity index (χ3v) is 4.18. The summed E-state index contributed by atoms with van der Waals surface area (Å²) in [5.74, 6) is 0.981. The Labute approximate surface area is 102 Å². The maximum absolute atomic E-state index is 3.52. The van der Waals surface area contributed by atoms with Crippen molar-refractivity contribution in [2.45, 2.75) is 25.7 Å². The zero-order valence-corrected chi connectivity index (χ0v) is 11.2. The normalized spacial score (nSPS) is 26.2. The quantitative estimate of drug-likeness (QED) is 0.726. The topological polar surface area (TPSA) is 6.48 Å². The second kappa shape index (κ2) is 6.21. The van der Waals surface area contributed by atoms with Gasteiger partial charge in [0.05, 0.1) is 0 Å². The number of alkyl halides is 1. The third kappa shape index (κ3) is 3.72.